The molecule has 0 radical (unpaired) electrons. The SMILES string of the molecule is C[C@@H](C[C@H]1CCCO1)NC(=O)c1ccc([N+](=O)[O-])c(Cl)c1. The number of halogens is 1. The van der Waals surface area contributed by atoms with Crippen molar-refractivity contribution in [2.75, 3.05) is 6.61 Å². The molecule has 1 fully saturated rings. The number of hydrogen-bond donors (Lipinski definition) is 1. The summed E-state index contributed by atoms with van der Waals surface area (Å²) in [4.78, 5) is 22.2. The highest BCUT2D eigenvalue weighted by Crippen LogP contribution is 2.25. The van der Waals surface area contributed by atoms with E-state index in [0.29, 0.717) is 5.56 Å². The molecule has 1 aromatic rings. The Balaban J connectivity index is 1.96. The van der Waals surface area contributed by atoms with Crippen LogP contribution in [0.1, 0.15) is 36.5 Å². The lowest BCUT2D eigenvalue weighted by Crippen LogP contribution is -2.35. The molecule has 1 amide bonds. The molecule has 0 spiro atoms. The first-order valence-corrected chi connectivity index (χ1v) is 7.21. The molecule has 1 aliphatic rings. The van der Waals surface area contributed by atoms with Gasteiger partial charge in [0, 0.05) is 24.3 Å². The Labute approximate surface area is 127 Å². The minimum atomic E-state index is -0.579. The average Bonchev–Trinajstić information content (AvgIpc) is 2.90. The van der Waals surface area contributed by atoms with Crippen molar-refractivity contribution in [2.45, 2.75) is 38.3 Å². The number of hydrogen-bond acceptors (Lipinski definition) is 4. The van der Waals surface area contributed by atoms with Crippen LogP contribution in [0.5, 0.6) is 0 Å². The van der Waals surface area contributed by atoms with Gasteiger partial charge in [-0.3, -0.25) is 14.9 Å². The largest absolute Gasteiger partial charge is 0.378 e. The number of carbonyl (C=O) groups excluding carboxylic acids is 1. The van der Waals surface area contributed by atoms with Crippen LogP contribution in [0.4, 0.5) is 5.69 Å². The van der Waals surface area contributed by atoms with Gasteiger partial charge in [0.2, 0.25) is 0 Å². The molecule has 1 aliphatic heterocycles. The molecule has 1 saturated heterocycles. The van der Waals surface area contributed by atoms with Crippen LogP contribution >= 0.6 is 11.6 Å². The van der Waals surface area contributed by atoms with Crippen LogP contribution < -0.4 is 5.32 Å². The van der Waals surface area contributed by atoms with Crippen LogP contribution in [0, 0.1) is 10.1 Å². The first-order valence-electron chi connectivity index (χ1n) is 6.84. The first kappa shape index (κ1) is 15.7. The highest BCUT2D eigenvalue weighted by Gasteiger charge is 2.21. The van der Waals surface area contributed by atoms with Gasteiger partial charge in [-0.15, -0.1) is 0 Å². The maximum Gasteiger partial charge on any atom is 0.287 e. The minimum Gasteiger partial charge on any atom is -0.378 e. The lowest BCUT2D eigenvalue weighted by molar-refractivity contribution is -0.384. The monoisotopic (exact) mass is 312 g/mol. The van der Waals surface area contributed by atoms with Gasteiger partial charge in [-0.05, 0) is 38.3 Å². The zero-order valence-electron chi connectivity index (χ0n) is 11.7. The van der Waals surface area contributed by atoms with Crippen LogP contribution in [-0.2, 0) is 4.74 Å². The van der Waals surface area contributed by atoms with Crippen molar-refractivity contribution in [1.29, 1.82) is 0 Å². The first-order chi connectivity index (χ1) is 9.97. The van der Waals surface area contributed by atoms with Crippen LogP contribution in [-0.4, -0.2) is 29.6 Å². The molecule has 114 valence electrons. The lowest BCUT2D eigenvalue weighted by atomic mass is 10.1. The van der Waals surface area contributed by atoms with Gasteiger partial charge < -0.3 is 10.1 Å². The Kier molecular flexibility index (Phi) is 5.14. The van der Waals surface area contributed by atoms with Gasteiger partial charge >= 0.3 is 0 Å². The predicted molar refractivity (Wildman–Crippen MR) is 78.6 cm³/mol. The number of nitro groups is 1. The molecular formula is C14H17ClN2O4. The summed E-state index contributed by atoms with van der Waals surface area (Å²) in [5, 5.41) is 13.5. The quantitative estimate of drug-likeness (QED) is 0.669. The van der Waals surface area contributed by atoms with E-state index < -0.39 is 4.92 Å². The number of benzene rings is 1. The number of amides is 1. The number of ether oxygens (including phenoxy) is 1. The van der Waals surface area contributed by atoms with Gasteiger partial charge in [-0.2, -0.15) is 0 Å². The van der Waals surface area contributed by atoms with E-state index >= 15 is 0 Å². The number of carbonyl (C=O) groups is 1. The third-order valence-corrected chi connectivity index (χ3v) is 3.73. The van der Waals surface area contributed by atoms with Gasteiger partial charge in [-0.1, -0.05) is 11.6 Å². The van der Waals surface area contributed by atoms with Crippen molar-refractivity contribution in [3.63, 3.8) is 0 Å². The molecule has 2 rings (SSSR count). The molecule has 7 heteroatoms. The number of nitrogens with zero attached hydrogens (tertiary/aromatic N) is 1. The normalized spacial score (nSPS) is 19.2. The van der Waals surface area contributed by atoms with Crippen molar-refractivity contribution in [1.82, 2.24) is 5.32 Å². The molecule has 1 heterocycles. The zero-order valence-corrected chi connectivity index (χ0v) is 12.4. The number of nitrogens with one attached hydrogen (secondary N) is 1. The second kappa shape index (κ2) is 6.87. The van der Waals surface area contributed by atoms with Gasteiger partial charge in [0.1, 0.15) is 5.02 Å². The summed E-state index contributed by atoms with van der Waals surface area (Å²) in [7, 11) is 0. The van der Waals surface area contributed by atoms with E-state index in [2.05, 4.69) is 5.32 Å². The maximum atomic E-state index is 12.1. The zero-order chi connectivity index (χ0) is 15.4. The van der Waals surface area contributed by atoms with Crippen molar-refractivity contribution in [2.24, 2.45) is 0 Å². The fourth-order valence-electron chi connectivity index (χ4n) is 2.39. The maximum absolute atomic E-state index is 12.1. The summed E-state index contributed by atoms with van der Waals surface area (Å²) in [6, 6.07) is 3.92. The third-order valence-electron chi connectivity index (χ3n) is 3.42. The number of nitro benzene ring substituents is 1. The van der Waals surface area contributed by atoms with E-state index in [0.717, 1.165) is 25.9 Å². The van der Waals surface area contributed by atoms with E-state index in [-0.39, 0.29) is 28.8 Å². The van der Waals surface area contributed by atoms with E-state index in [4.69, 9.17) is 16.3 Å². The average molecular weight is 313 g/mol. The Morgan fingerprint density at radius 3 is 2.95 bits per heavy atom. The molecule has 6 nitrogen and oxygen atoms in total. The Morgan fingerprint density at radius 2 is 2.38 bits per heavy atom. The summed E-state index contributed by atoms with van der Waals surface area (Å²) in [6.45, 7) is 2.69. The predicted octanol–water partition coefficient (Wildman–Crippen LogP) is 2.94. The van der Waals surface area contributed by atoms with Crippen LogP contribution in [0.2, 0.25) is 5.02 Å². The molecule has 0 aliphatic carbocycles. The highest BCUT2D eigenvalue weighted by molar-refractivity contribution is 6.33. The topological polar surface area (TPSA) is 81.5 Å². The molecule has 0 saturated carbocycles. The lowest BCUT2D eigenvalue weighted by Gasteiger charge is -2.17. The molecule has 0 bridgehead atoms. The second-order valence-corrected chi connectivity index (χ2v) is 5.58. The standard InChI is InChI=1S/C14H17ClN2O4/c1-9(7-11-3-2-6-21-11)16-14(18)10-4-5-13(17(19)20)12(15)8-10/h4-5,8-9,11H,2-3,6-7H2,1H3,(H,16,18)/t9-,11+/m0/s1. The third kappa shape index (κ3) is 4.15. The smallest absolute Gasteiger partial charge is 0.287 e. The fraction of sp³-hybridized carbons (Fsp3) is 0.500. The number of rotatable bonds is 5. The van der Waals surface area contributed by atoms with Crippen LogP contribution in [0.25, 0.3) is 0 Å². The summed E-state index contributed by atoms with van der Waals surface area (Å²) in [5.41, 5.74) is 0.102. The summed E-state index contributed by atoms with van der Waals surface area (Å²) < 4.78 is 5.52. The Bertz CT molecular complexity index is 544. The fourth-order valence-corrected chi connectivity index (χ4v) is 2.64. The van der Waals surface area contributed by atoms with Crippen LogP contribution in [0.3, 0.4) is 0 Å². The second-order valence-electron chi connectivity index (χ2n) is 5.17. The van der Waals surface area contributed by atoms with E-state index in [1.807, 2.05) is 6.92 Å². The van der Waals surface area contributed by atoms with Crippen molar-refractivity contribution >= 4 is 23.2 Å². The van der Waals surface area contributed by atoms with Gasteiger partial charge in [0.25, 0.3) is 11.6 Å². The Hall–Kier alpha value is -1.66. The van der Waals surface area contributed by atoms with Crippen molar-refractivity contribution in [3.05, 3.63) is 38.9 Å². The molecule has 1 aromatic carbocycles. The molecular weight excluding hydrogens is 296 g/mol. The van der Waals surface area contributed by atoms with Crippen LogP contribution in [0.15, 0.2) is 18.2 Å². The van der Waals surface area contributed by atoms with Gasteiger partial charge in [-0.25, -0.2) is 0 Å². The molecule has 0 aromatic heterocycles. The summed E-state index contributed by atoms with van der Waals surface area (Å²) in [6.07, 6.45) is 3.03. The molecule has 2 atom stereocenters. The molecule has 21 heavy (non-hydrogen) atoms. The van der Waals surface area contributed by atoms with E-state index in [1.165, 1.54) is 18.2 Å². The van der Waals surface area contributed by atoms with Crippen molar-refractivity contribution < 1.29 is 14.5 Å². The molecule has 1 N–H and O–H groups in total. The molecule has 0 unspecified atom stereocenters. The summed E-state index contributed by atoms with van der Waals surface area (Å²) in [5.74, 6) is -0.294. The van der Waals surface area contributed by atoms with Crippen molar-refractivity contribution in [3.8, 4) is 0 Å². The highest BCUT2D eigenvalue weighted by atomic mass is 35.5. The minimum absolute atomic E-state index is 0.0328. The van der Waals surface area contributed by atoms with E-state index in [1.54, 1.807) is 0 Å². The summed E-state index contributed by atoms with van der Waals surface area (Å²) >= 11 is 5.80. The van der Waals surface area contributed by atoms with E-state index in [9.17, 15) is 14.9 Å². The van der Waals surface area contributed by atoms with Gasteiger partial charge in [0.05, 0.1) is 11.0 Å². The van der Waals surface area contributed by atoms with Gasteiger partial charge in [0.15, 0.2) is 0 Å². The Morgan fingerprint density at radius 1 is 1.62 bits per heavy atom.